The Morgan fingerprint density at radius 1 is 1.39 bits per heavy atom. The van der Waals surface area contributed by atoms with Gasteiger partial charge < -0.3 is 15.4 Å². The van der Waals surface area contributed by atoms with Crippen molar-refractivity contribution in [3.8, 4) is 5.75 Å². The Kier molecular flexibility index (Phi) is 6.90. The number of para-hydroxylation sites is 1. The summed E-state index contributed by atoms with van der Waals surface area (Å²) in [6, 6.07) is 8.37. The van der Waals surface area contributed by atoms with E-state index in [1.807, 2.05) is 25.1 Å². The number of rotatable bonds is 8. The van der Waals surface area contributed by atoms with E-state index in [9.17, 15) is 4.79 Å². The molecule has 1 heterocycles. The van der Waals surface area contributed by atoms with Crippen molar-refractivity contribution >= 4 is 5.91 Å². The zero-order chi connectivity index (χ0) is 16.7. The molecule has 0 spiro atoms. The van der Waals surface area contributed by atoms with Crippen LogP contribution in [0.1, 0.15) is 58.1 Å². The number of amides is 1. The molecule has 2 atom stereocenters. The van der Waals surface area contributed by atoms with E-state index in [2.05, 4.69) is 30.5 Å². The number of ether oxygens (including phenoxy) is 1. The summed E-state index contributed by atoms with van der Waals surface area (Å²) >= 11 is 0. The maximum absolute atomic E-state index is 12.4. The molecule has 1 fully saturated rings. The number of carbonyl (C=O) groups excluding carboxylic acids is 1. The highest BCUT2D eigenvalue weighted by atomic mass is 16.5. The van der Waals surface area contributed by atoms with Gasteiger partial charge in [0.15, 0.2) is 0 Å². The molecule has 4 heteroatoms. The molecule has 0 saturated carbocycles. The molecular formula is C19H30N2O2. The Morgan fingerprint density at radius 2 is 2.17 bits per heavy atom. The number of carbonyl (C=O) groups is 1. The van der Waals surface area contributed by atoms with Crippen LogP contribution in [0, 0.1) is 5.92 Å². The summed E-state index contributed by atoms with van der Waals surface area (Å²) in [5.74, 6) is 1.50. The third kappa shape index (κ3) is 5.54. The molecule has 4 nitrogen and oxygen atoms in total. The van der Waals surface area contributed by atoms with Crippen molar-refractivity contribution in [1.82, 2.24) is 10.6 Å². The zero-order valence-corrected chi connectivity index (χ0v) is 14.6. The van der Waals surface area contributed by atoms with Gasteiger partial charge in [0.1, 0.15) is 5.75 Å². The van der Waals surface area contributed by atoms with Gasteiger partial charge in [0.05, 0.1) is 12.6 Å². The van der Waals surface area contributed by atoms with Gasteiger partial charge in [-0.25, -0.2) is 0 Å². The summed E-state index contributed by atoms with van der Waals surface area (Å²) in [4.78, 5) is 12.4. The van der Waals surface area contributed by atoms with Gasteiger partial charge in [0.25, 0.3) is 0 Å². The van der Waals surface area contributed by atoms with Crippen LogP contribution in [0.2, 0.25) is 0 Å². The summed E-state index contributed by atoms with van der Waals surface area (Å²) in [6.07, 6.45) is 3.73. The largest absolute Gasteiger partial charge is 0.494 e. The molecule has 1 amide bonds. The molecule has 1 aromatic rings. The van der Waals surface area contributed by atoms with E-state index in [0.29, 0.717) is 25.0 Å². The summed E-state index contributed by atoms with van der Waals surface area (Å²) in [6.45, 7) is 8.01. The van der Waals surface area contributed by atoms with Crippen LogP contribution in [0.5, 0.6) is 5.75 Å². The number of nitrogens with one attached hydrogen (secondary N) is 2. The molecule has 1 aliphatic rings. The SMILES string of the molecule is CCOc1ccccc1C(CC(C)C)NC(=O)CC1CCCN1. The second-order valence-electron chi connectivity index (χ2n) is 6.72. The van der Waals surface area contributed by atoms with E-state index >= 15 is 0 Å². The van der Waals surface area contributed by atoms with Gasteiger partial charge in [0, 0.05) is 18.0 Å². The van der Waals surface area contributed by atoms with Gasteiger partial charge in [0.2, 0.25) is 5.91 Å². The van der Waals surface area contributed by atoms with Gasteiger partial charge in [-0.3, -0.25) is 4.79 Å². The number of benzene rings is 1. The van der Waals surface area contributed by atoms with Crippen molar-refractivity contribution in [2.24, 2.45) is 5.92 Å². The average molecular weight is 318 g/mol. The first-order chi connectivity index (χ1) is 11.1. The number of hydrogen-bond acceptors (Lipinski definition) is 3. The predicted octanol–water partition coefficient (Wildman–Crippen LogP) is 3.43. The Hall–Kier alpha value is -1.55. The average Bonchev–Trinajstić information content (AvgIpc) is 3.00. The fraction of sp³-hybridized carbons (Fsp3) is 0.632. The summed E-state index contributed by atoms with van der Waals surface area (Å²) < 4.78 is 5.75. The highest BCUT2D eigenvalue weighted by Gasteiger charge is 2.22. The van der Waals surface area contributed by atoms with Crippen molar-refractivity contribution in [3.05, 3.63) is 29.8 Å². The van der Waals surface area contributed by atoms with E-state index in [-0.39, 0.29) is 11.9 Å². The molecule has 23 heavy (non-hydrogen) atoms. The van der Waals surface area contributed by atoms with Gasteiger partial charge in [-0.2, -0.15) is 0 Å². The topological polar surface area (TPSA) is 50.4 Å². The molecular weight excluding hydrogens is 288 g/mol. The molecule has 1 aromatic carbocycles. The Labute approximate surface area is 140 Å². The summed E-state index contributed by atoms with van der Waals surface area (Å²) in [5.41, 5.74) is 1.08. The highest BCUT2D eigenvalue weighted by molar-refractivity contribution is 5.77. The van der Waals surface area contributed by atoms with Gasteiger partial charge in [-0.1, -0.05) is 32.0 Å². The van der Waals surface area contributed by atoms with Crippen LogP contribution in [0.25, 0.3) is 0 Å². The predicted molar refractivity (Wildman–Crippen MR) is 93.6 cm³/mol. The lowest BCUT2D eigenvalue weighted by Crippen LogP contribution is -2.34. The molecule has 2 unspecified atom stereocenters. The van der Waals surface area contributed by atoms with E-state index in [1.54, 1.807) is 0 Å². The second-order valence-corrected chi connectivity index (χ2v) is 6.72. The van der Waals surface area contributed by atoms with Crippen LogP contribution in [-0.2, 0) is 4.79 Å². The van der Waals surface area contributed by atoms with Crippen LogP contribution >= 0.6 is 0 Å². The van der Waals surface area contributed by atoms with Crippen molar-refractivity contribution < 1.29 is 9.53 Å². The quantitative estimate of drug-likeness (QED) is 0.772. The van der Waals surface area contributed by atoms with E-state index < -0.39 is 0 Å². The third-order valence-corrected chi connectivity index (χ3v) is 4.23. The summed E-state index contributed by atoms with van der Waals surface area (Å²) in [7, 11) is 0. The lowest BCUT2D eigenvalue weighted by atomic mass is 9.96. The minimum atomic E-state index is 0.00616. The third-order valence-electron chi connectivity index (χ3n) is 4.23. The highest BCUT2D eigenvalue weighted by Crippen LogP contribution is 2.29. The molecule has 0 radical (unpaired) electrons. The van der Waals surface area contributed by atoms with E-state index in [4.69, 9.17) is 4.74 Å². The van der Waals surface area contributed by atoms with Crippen molar-refractivity contribution in [2.75, 3.05) is 13.2 Å². The molecule has 1 aliphatic heterocycles. The molecule has 128 valence electrons. The van der Waals surface area contributed by atoms with Crippen LogP contribution < -0.4 is 15.4 Å². The van der Waals surface area contributed by atoms with Gasteiger partial charge >= 0.3 is 0 Å². The lowest BCUT2D eigenvalue weighted by molar-refractivity contribution is -0.122. The first kappa shape index (κ1) is 17.8. The van der Waals surface area contributed by atoms with Crippen molar-refractivity contribution in [2.45, 2.75) is 58.5 Å². The Bertz CT molecular complexity index is 496. The maximum atomic E-state index is 12.4. The van der Waals surface area contributed by atoms with Crippen LogP contribution in [0.15, 0.2) is 24.3 Å². The summed E-state index contributed by atoms with van der Waals surface area (Å²) in [5, 5.41) is 6.62. The van der Waals surface area contributed by atoms with E-state index in [0.717, 1.165) is 30.7 Å². The van der Waals surface area contributed by atoms with Gasteiger partial charge in [-0.05, 0) is 44.7 Å². The van der Waals surface area contributed by atoms with Crippen LogP contribution in [-0.4, -0.2) is 25.1 Å². The smallest absolute Gasteiger partial charge is 0.222 e. The minimum Gasteiger partial charge on any atom is -0.494 e. The van der Waals surface area contributed by atoms with E-state index in [1.165, 1.54) is 6.42 Å². The molecule has 1 saturated heterocycles. The fourth-order valence-corrected chi connectivity index (χ4v) is 3.20. The molecule has 2 N–H and O–H groups in total. The first-order valence-corrected chi connectivity index (χ1v) is 8.84. The second kappa shape index (κ2) is 8.92. The normalized spacial score (nSPS) is 18.9. The molecule has 0 bridgehead atoms. The van der Waals surface area contributed by atoms with Crippen LogP contribution in [0.4, 0.5) is 0 Å². The Balaban J connectivity index is 2.08. The van der Waals surface area contributed by atoms with Crippen molar-refractivity contribution in [3.63, 3.8) is 0 Å². The lowest BCUT2D eigenvalue weighted by Gasteiger charge is -2.24. The minimum absolute atomic E-state index is 0.00616. The molecule has 0 aliphatic carbocycles. The fourth-order valence-electron chi connectivity index (χ4n) is 3.20. The van der Waals surface area contributed by atoms with Crippen molar-refractivity contribution in [1.29, 1.82) is 0 Å². The zero-order valence-electron chi connectivity index (χ0n) is 14.6. The standard InChI is InChI=1S/C19H30N2O2/c1-4-23-18-10-6-5-9-16(18)17(12-14(2)3)21-19(22)13-15-8-7-11-20-15/h5-6,9-10,14-15,17,20H,4,7-8,11-13H2,1-3H3,(H,21,22). The van der Waals surface area contributed by atoms with Gasteiger partial charge in [-0.15, -0.1) is 0 Å². The molecule has 2 rings (SSSR count). The Morgan fingerprint density at radius 3 is 2.83 bits per heavy atom. The van der Waals surface area contributed by atoms with Crippen LogP contribution in [0.3, 0.4) is 0 Å². The first-order valence-electron chi connectivity index (χ1n) is 8.84. The number of hydrogen-bond donors (Lipinski definition) is 2. The molecule has 0 aromatic heterocycles. The monoisotopic (exact) mass is 318 g/mol. The maximum Gasteiger partial charge on any atom is 0.222 e.